The summed E-state index contributed by atoms with van der Waals surface area (Å²) in [5, 5.41) is 11.2. The molecule has 1 aromatic heterocycles. The quantitative estimate of drug-likeness (QED) is 0.378. The van der Waals surface area contributed by atoms with Gasteiger partial charge in [0.05, 0.1) is 11.9 Å². The van der Waals surface area contributed by atoms with Crippen LogP contribution in [0.3, 0.4) is 0 Å². The van der Waals surface area contributed by atoms with Crippen molar-refractivity contribution in [1.29, 1.82) is 0 Å². The van der Waals surface area contributed by atoms with E-state index in [1.165, 1.54) is 36.1 Å². The maximum absolute atomic E-state index is 12.7. The van der Waals surface area contributed by atoms with Gasteiger partial charge in [-0.25, -0.2) is 8.42 Å². The van der Waals surface area contributed by atoms with Crippen LogP contribution >= 0.6 is 34.7 Å². The highest BCUT2D eigenvalue weighted by Crippen LogP contribution is 2.29. The second-order valence-corrected chi connectivity index (χ2v) is 10.2. The van der Waals surface area contributed by atoms with Gasteiger partial charge >= 0.3 is 0 Å². The van der Waals surface area contributed by atoms with Gasteiger partial charge in [0, 0.05) is 10.8 Å². The Labute approximate surface area is 171 Å². The number of carbonyl (C=O) groups is 1. The molecule has 0 spiro atoms. The Hall–Kier alpha value is -1.62. The molecule has 0 saturated heterocycles. The number of aromatic nitrogens is 2. The Kier molecular flexibility index (Phi) is 7.26. The highest BCUT2D eigenvalue weighted by Gasteiger charge is 2.30. The Morgan fingerprint density at radius 1 is 1.48 bits per heavy atom. The van der Waals surface area contributed by atoms with Crippen LogP contribution in [0.5, 0.6) is 0 Å². The van der Waals surface area contributed by atoms with E-state index in [0.717, 1.165) is 10.6 Å². The molecule has 7 nitrogen and oxygen atoms in total. The first kappa shape index (κ1) is 21.7. The fourth-order valence-corrected chi connectivity index (χ4v) is 5.17. The lowest BCUT2D eigenvalue weighted by Gasteiger charge is -2.29. The molecule has 1 amide bonds. The first-order valence-electron chi connectivity index (χ1n) is 7.77. The number of nitrogens with zero attached hydrogens (tertiary/aromatic N) is 3. The molecule has 0 aliphatic carbocycles. The van der Waals surface area contributed by atoms with E-state index < -0.39 is 22.0 Å². The van der Waals surface area contributed by atoms with Gasteiger partial charge in [-0.3, -0.25) is 14.4 Å². The van der Waals surface area contributed by atoms with E-state index in [1.807, 2.05) is 0 Å². The number of nitrogens with one attached hydrogen (secondary N) is 1. The van der Waals surface area contributed by atoms with Gasteiger partial charge in [-0.15, -0.1) is 16.8 Å². The Morgan fingerprint density at radius 3 is 2.81 bits per heavy atom. The average molecular weight is 447 g/mol. The van der Waals surface area contributed by atoms with Crippen LogP contribution in [0, 0.1) is 6.92 Å². The van der Waals surface area contributed by atoms with E-state index in [4.69, 9.17) is 11.6 Å². The molecule has 27 heavy (non-hydrogen) atoms. The number of amides is 1. The van der Waals surface area contributed by atoms with Gasteiger partial charge in [0.1, 0.15) is 6.04 Å². The van der Waals surface area contributed by atoms with Crippen LogP contribution in [0.1, 0.15) is 12.5 Å². The zero-order chi connectivity index (χ0) is 20.2. The van der Waals surface area contributed by atoms with Crippen molar-refractivity contribution in [1.82, 2.24) is 10.2 Å². The summed E-state index contributed by atoms with van der Waals surface area (Å²) in [6.45, 7) is 6.89. The van der Waals surface area contributed by atoms with Gasteiger partial charge in [0.15, 0.2) is 4.34 Å². The fraction of sp³-hybridized carbons (Fsp3) is 0.312. The lowest BCUT2D eigenvalue weighted by atomic mass is 10.2. The van der Waals surface area contributed by atoms with Gasteiger partial charge in [-0.2, -0.15) is 0 Å². The van der Waals surface area contributed by atoms with Crippen LogP contribution in [-0.2, 0) is 14.8 Å². The monoisotopic (exact) mass is 446 g/mol. The molecular weight excluding hydrogens is 428 g/mol. The van der Waals surface area contributed by atoms with Crippen molar-refractivity contribution in [2.75, 3.05) is 21.6 Å². The minimum absolute atomic E-state index is 0.301. The van der Waals surface area contributed by atoms with Crippen LogP contribution < -0.4 is 9.62 Å². The van der Waals surface area contributed by atoms with E-state index >= 15 is 0 Å². The summed E-state index contributed by atoms with van der Waals surface area (Å²) in [5.41, 5.74) is 1.04. The van der Waals surface area contributed by atoms with Crippen molar-refractivity contribution in [2.45, 2.75) is 24.2 Å². The van der Waals surface area contributed by atoms with E-state index in [9.17, 15) is 13.2 Å². The minimum atomic E-state index is -3.73. The highest BCUT2D eigenvalue weighted by atomic mass is 35.5. The smallest absolute Gasteiger partial charge is 0.249 e. The summed E-state index contributed by atoms with van der Waals surface area (Å²) in [6.07, 6.45) is 2.79. The second-order valence-electron chi connectivity index (χ2n) is 5.63. The molecule has 1 atom stereocenters. The number of hydrogen-bond donors (Lipinski definition) is 1. The maximum Gasteiger partial charge on any atom is 0.249 e. The molecular formula is C16H19ClN4O3S3. The molecule has 1 N–H and O–H groups in total. The van der Waals surface area contributed by atoms with Crippen LogP contribution in [0.25, 0.3) is 0 Å². The molecule has 0 fully saturated rings. The molecule has 0 aliphatic heterocycles. The predicted octanol–water partition coefficient (Wildman–Crippen LogP) is 3.57. The summed E-state index contributed by atoms with van der Waals surface area (Å²) < 4.78 is 26.5. The van der Waals surface area contributed by atoms with Crippen molar-refractivity contribution >= 4 is 61.4 Å². The SMILES string of the molecule is C=CCSc1nnc(NC(=O)[C@@H](C)N(c2cc(Cl)ccc2C)S(C)(=O)=O)s1. The molecule has 0 aliphatic rings. The normalized spacial score (nSPS) is 12.4. The fourth-order valence-electron chi connectivity index (χ4n) is 2.26. The summed E-state index contributed by atoms with van der Waals surface area (Å²) in [6, 6.07) is 3.88. The van der Waals surface area contributed by atoms with Gasteiger partial charge < -0.3 is 0 Å². The van der Waals surface area contributed by atoms with Crippen molar-refractivity contribution in [3.05, 3.63) is 41.4 Å². The number of carbonyl (C=O) groups excluding carboxylic acids is 1. The molecule has 0 saturated carbocycles. The third kappa shape index (κ3) is 5.68. The topological polar surface area (TPSA) is 92.3 Å². The molecule has 0 unspecified atom stereocenters. The third-order valence-electron chi connectivity index (χ3n) is 3.46. The van der Waals surface area contributed by atoms with Crippen LogP contribution in [-0.4, -0.2) is 42.6 Å². The predicted molar refractivity (Wildman–Crippen MR) is 112 cm³/mol. The number of anilines is 2. The highest BCUT2D eigenvalue weighted by molar-refractivity contribution is 8.01. The van der Waals surface area contributed by atoms with Crippen LogP contribution in [0.4, 0.5) is 10.8 Å². The Balaban J connectivity index is 2.26. The average Bonchev–Trinajstić information content (AvgIpc) is 3.02. The van der Waals surface area contributed by atoms with Crippen molar-refractivity contribution in [3.63, 3.8) is 0 Å². The third-order valence-corrected chi connectivity index (χ3v) is 6.89. The van der Waals surface area contributed by atoms with Gasteiger partial charge in [0.2, 0.25) is 21.1 Å². The first-order chi connectivity index (χ1) is 12.6. The summed E-state index contributed by atoms with van der Waals surface area (Å²) in [7, 11) is -3.73. The van der Waals surface area contributed by atoms with Crippen LogP contribution in [0.15, 0.2) is 35.2 Å². The number of halogens is 1. The van der Waals surface area contributed by atoms with Crippen molar-refractivity contribution in [3.8, 4) is 0 Å². The molecule has 0 bridgehead atoms. The van der Waals surface area contributed by atoms with Gasteiger partial charge in [0.25, 0.3) is 0 Å². The van der Waals surface area contributed by atoms with Gasteiger partial charge in [-0.1, -0.05) is 46.8 Å². The van der Waals surface area contributed by atoms with E-state index in [0.29, 0.717) is 31.5 Å². The maximum atomic E-state index is 12.7. The number of aryl methyl sites for hydroxylation is 1. The zero-order valence-electron chi connectivity index (χ0n) is 15.0. The molecule has 2 rings (SSSR count). The summed E-state index contributed by atoms with van der Waals surface area (Å²) >= 11 is 8.67. The number of benzene rings is 1. The van der Waals surface area contributed by atoms with E-state index in [2.05, 4.69) is 22.1 Å². The van der Waals surface area contributed by atoms with Gasteiger partial charge in [-0.05, 0) is 31.5 Å². The molecule has 146 valence electrons. The summed E-state index contributed by atoms with van der Waals surface area (Å²) in [4.78, 5) is 12.7. The Morgan fingerprint density at radius 2 is 2.19 bits per heavy atom. The molecule has 11 heteroatoms. The van der Waals surface area contributed by atoms with Crippen molar-refractivity contribution in [2.24, 2.45) is 0 Å². The zero-order valence-corrected chi connectivity index (χ0v) is 18.2. The minimum Gasteiger partial charge on any atom is -0.299 e. The molecule has 0 radical (unpaired) electrons. The lowest BCUT2D eigenvalue weighted by molar-refractivity contribution is -0.116. The molecule has 1 aromatic carbocycles. The van der Waals surface area contributed by atoms with E-state index in [1.54, 1.807) is 25.1 Å². The lowest BCUT2D eigenvalue weighted by Crippen LogP contribution is -2.45. The van der Waals surface area contributed by atoms with E-state index in [-0.39, 0.29) is 0 Å². The number of sulfonamides is 1. The van der Waals surface area contributed by atoms with Crippen LogP contribution in [0.2, 0.25) is 5.02 Å². The Bertz CT molecular complexity index is 946. The second kappa shape index (κ2) is 9.05. The largest absolute Gasteiger partial charge is 0.299 e. The molecule has 2 aromatic rings. The number of thioether (sulfide) groups is 1. The number of hydrogen-bond acceptors (Lipinski definition) is 7. The first-order valence-corrected chi connectivity index (χ1v) is 11.8. The van der Waals surface area contributed by atoms with Crippen molar-refractivity contribution < 1.29 is 13.2 Å². The summed E-state index contributed by atoms with van der Waals surface area (Å²) in [5.74, 6) is 0.158. The number of rotatable bonds is 8. The standard InChI is InChI=1S/C16H19ClN4O3S3/c1-5-8-25-16-20-19-15(26-16)18-14(22)11(3)21(27(4,23)24)13-9-12(17)7-6-10(13)2/h5-7,9,11H,1,8H2,2-4H3,(H,18,19,22)/t11-/m1/s1. The molecule has 1 heterocycles.